The molecule has 0 amide bonds. The van der Waals surface area contributed by atoms with E-state index in [0.29, 0.717) is 26.8 Å². The second-order valence-electron chi connectivity index (χ2n) is 4.00. The zero-order valence-corrected chi connectivity index (χ0v) is 11.3. The molecule has 0 aliphatic rings. The van der Waals surface area contributed by atoms with Crippen LogP contribution in [0.15, 0.2) is 40.8 Å². The molecule has 0 fully saturated rings. The van der Waals surface area contributed by atoms with Crippen LogP contribution in [0.4, 0.5) is 11.4 Å². The number of nitro benzene ring substituents is 1. The van der Waals surface area contributed by atoms with E-state index in [1.807, 2.05) is 0 Å². The van der Waals surface area contributed by atoms with Gasteiger partial charge in [-0.25, -0.2) is 15.0 Å². The fourth-order valence-electron chi connectivity index (χ4n) is 1.76. The van der Waals surface area contributed by atoms with E-state index in [-0.39, 0.29) is 5.69 Å². The molecule has 0 saturated heterocycles. The second-order valence-corrected chi connectivity index (χ2v) is 5.06. The van der Waals surface area contributed by atoms with Crippen molar-refractivity contribution in [1.29, 1.82) is 0 Å². The average molecular weight is 303 g/mol. The Hall–Kier alpha value is -2.72. The summed E-state index contributed by atoms with van der Waals surface area (Å²) in [6.45, 7) is 0. The van der Waals surface area contributed by atoms with Gasteiger partial charge in [0.2, 0.25) is 0 Å². The van der Waals surface area contributed by atoms with Crippen molar-refractivity contribution in [2.24, 2.45) is 5.84 Å². The van der Waals surface area contributed by atoms with Gasteiger partial charge in [0, 0.05) is 17.0 Å². The topological polar surface area (TPSA) is 136 Å². The number of nitro groups is 1. The van der Waals surface area contributed by atoms with Crippen molar-refractivity contribution in [2.75, 3.05) is 5.43 Å². The molecule has 3 aromatic rings. The van der Waals surface area contributed by atoms with Crippen LogP contribution in [0.5, 0.6) is 0 Å². The number of benzene rings is 1. The molecule has 3 rings (SSSR count). The van der Waals surface area contributed by atoms with Crippen molar-refractivity contribution in [3.8, 4) is 0 Å². The van der Waals surface area contributed by atoms with Crippen molar-refractivity contribution >= 4 is 34.3 Å². The Morgan fingerprint density at radius 2 is 2.14 bits per heavy atom. The Morgan fingerprint density at radius 1 is 1.29 bits per heavy atom. The first-order valence-corrected chi connectivity index (χ1v) is 6.57. The van der Waals surface area contributed by atoms with Gasteiger partial charge >= 0.3 is 0 Å². The van der Waals surface area contributed by atoms with Crippen molar-refractivity contribution in [2.45, 2.75) is 9.92 Å². The number of hydrogen-bond donors (Lipinski definition) is 3. The number of nitrogens with one attached hydrogen (secondary N) is 2. The number of hydrazine groups is 1. The Labute approximate surface area is 122 Å². The van der Waals surface area contributed by atoms with E-state index in [4.69, 9.17) is 5.84 Å². The standard InChI is InChI=1S/C11H9N7O2S/c12-17-6-1-7(18(19)20)3-8(2-6)21-11-9-10(14-4-13-9)15-5-16-11/h1-5,17H,12H2,(H,13,14,15,16). The molecule has 10 heteroatoms. The molecule has 4 N–H and O–H groups in total. The fraction of sp³-hybridized carbons (Fsp3) is 0. The number of H-pyrrole nitrogens is 1. The molecule has 2 heterocycles. The minimum absolute atomic E-state index is 0.0529. The van der Waals surface area contributed by atoms with Crippen LogP contribution in [0.2, 0.25) is 0 Å². The molecule has 0 aliphatic carbocycles. The summed E-state index contributed by atoms with van der Waals surface area (Å²) in [4.78, 5) is 26.2. The van der Waals surface area contributed by atoms with Gasteiger partial charge < -0.3 is 10.4 Å². The zero-order valence-electron chi connectivity index (χ0n) is 10.5. The third kappa shape index (κ3) is 2.61. The van der Waals surface area contributed by atoms with Crippen LogP contribution < -0.4 is 11.3 Å². The van der Waals surface area contributed by atoms with Gasteiger partial charge in [0.25, 0.3) is 5.69 Å². The molecule has 9 nitrogen and oxygen atoms in total. The molecule has 0 unspecified atom stereocenters. The van der Waals surface area contributed by atoms with E-state index in [2.05, 4.69) is 25.4 Å². The molecule has 2 aromatic heterocycles. The summed E-state index contributed by atoms with van der Waals surface area (Å²) in [6, 6.07) is 4.51. The highest BCUT2D eigenvalue weighted by Gasteiger charge is 2.13. The lowest BCUT2D eigenvalue weighted by atomic mass is 10.3. The Bertz CT molecular complexity index is 819. The summed E-state index contributed by atoms with van der Waals surface area (Å²) >= 11 is 1.26. The highest BCUT2D eigenvalue weighted by Crippen LogP contribution is 2.33. The van der Waals surface area contributed by atoms with Crippen LogP contribution in [0.3, 0.4) is 0 Å². The Kier molecular flexibility index (Phi) is 3.38. The predicted octanol–water partition coefficient (Wildman–Crippen LogP) is 1.70. The van der Waals surface area contributed by atoms with Gasteiger partial charge in [-0.1, -0.05) is 11.8 Å². The van der Waals surface area contributed by atoms with Crippen LogP contribution in [0.1, 0.15) is 0 Å². The maximum Gasteiger partial charge on any atom is 0.272 e. The molecule has 0 aliphatic heterocycles. The van der Waals surface area contributed by atoms with Gasteiger partial charge in [0.1, 0.15) is 16.9 Å². The maximum absolute atomic E-state index is 10.9. The molecule has 0 saturated carbocycles. The third-order valence-electron chi connectivity index (χ3n) is 2.67. The van der Waals surface area contributed by atoms with Gasteiger partial charge in [-0.3, -0.25) is 16.0 Å². The molecule has 0 spiro atoms. The van der Waals surface area contributed by atoms with E-state index in [1.54, 1.807) is 6.07 Å². The third-order valence-corrected chi connectivity index (χ3v) is 3.65. The normalized spacial score (nSPS) is 10.7. The van der Waals surface area contributed by atoms with E-state index in [0.717, 1.165) is 0 Å². The summed E-state index contributed by atoms with van der Waals surface area (Å²) < 4.78 is 0. The highest BCUT2D eigenvalue weighted by atomic mass is 32.2. The van der Waals surface area contributed by atoms with E-state index >= 15 is 0 Å². The van der Waals surface area contributed by atoms with Crippen molar-refractivity contribution < 1.29 is 4.92 Å². The molecular weight excluding hydrogens is 294 g/mol. The monoisotopic (exact) mass is 303 g/mol. The number of fused-ring (bicyclic) bond motifs is 1. The van der Waals surface area contributed by atoms with Gasteiger partial charge in [-0.05, 0) is 6.07 Å². The fourth-order valence-corrected chi connectivity index (χ4v) is 2.70. The number of rotatable bonds is 4. The van der Waals surface area contributed by atoms with Crippen molar-refractivity contribution in [1.82, 2.24) is 19.9 Å². The maximum atomic E-state index is 10.9. The number of nitrogens with two attached hydrogens (primary N) is 1. The molecule has 106 valence electrons. The number of aromatic amines is 1. The van der Waals surface area contributed by atoms with Crippen LogP contribution in [-0.2, 0) is 0 Å². The van der Waals surface area contributed by atoms with Gasteiger partial charge in [0.05, 0.1) is 16.9 Å². The first-order valence-electron chi connectivity index (χ1n) is 5.75. The quantitative estimate of drug-likeness (QED) is 0.287. The van der Waals surface area contributed by atoms with Crippen molar-refractivity contribution in [3.05, 3.63) is 41.0 Å². The zero-order chi connectivity index (χ0) is 14.8. The molecule has 1 aromatic carbocycles. The van der Waals surface area contributed by atoms with E-state index in [9.17, 15) is 10.1 Å². The Morgan fingerprint density at radius 3 is 2.90 bits per heavy atom. The number of anilines is 1. The van der Waals surface area contributed by atoms with Crippen LogP contribution in [0.25, 0.3) is 11.2 Å². The molecule has 0 radical (unpaired) electrons. The second kappa shape index (κ2) is 5.34. The summed E-state index contributed by atoms with van der Waals surface area (Å²) in [5.41, 5.74) is 4.02. The number of non-ortho nitro benzene ring substituents is 1. The van der Waals surface area contributed by atoms with Gasteiger partial charge in [0.15, 0.2) is 5.65 Å². The minimum Gasteiger partial charge on any atom is -0.341 e. The summed E-state index contributed by atoms with van der Waals surface area (Å²) in [7, 11) is 0. The number of hydrogen-bond acceptors (Lipinski definition) is 8. The van der Waals surface area contributed by atoms with Gasteiger partial charge in [-0.15, -0.1) is 0 Å². The molecule has 0 atom stereocenters. The minimum atomic E-state index is -0.476. The largest absolute Gasteiger partial charge is 0.341 e. The van der Waals surface area contributed by atoms with E-state index in [1.165, 1.54) is 36.5 Å². The summed E-state index contributed by atoms with van der Waals surface area (Å²) in [6.07, 6.45) is 2.91. The highest BCUT2D eigenvalue weighted by molar-refractivity contribution is 7.99. The molecule has 0 bridgehead atoms. The van der Waals surface area contributed by atoms with Crippen LogP contribution in [0, 0.1) is 10.1 Å². The lowest BCUT2D eigenvalue weighted by Gasteiger charge is -2.05. The molecule has 21 heavy (non-hydrogen) atoms. The number of aromatic nitrogens is 4. The summed E-state index contributed by atoms with van der Waals surface area (Å²) in [5, 5.41) is 11.6. The lowest BCUT2D eigenvalue weighted by Crippen LogP contribution is -2.07. The SMILES string of the molecule is NNc1cc(Sc2ncnc3nc[nH]c23)cc([N+](=O)[O-])c1. The molecular formula is C11H9N7O2S. The number of nitrogens with zero attached hydrogens (tertiary/aromatic N) is 4. The number of imidazole rings is 1. The summed E-state index contributed by atoms with van der Waals surface area (Å²) in [5.74, 6) is 5.33. The average Bonchev–Trinajstić information content (AvgIpc) is 2.96. The first-order chi connectivity index (χ1) is 10.2. The number of nitrogen functional groups attached to an aromatic ring is 1. The Balaban J connectivity index is 2.03. The lowest BCUT2D eigenvalue weighted by molar-refractivity contribution is -0.385. The van der Waals surface area contributed by atoms with E-state index < -0.39 is 4.92 Å². The van der Waals surface area contributed by atoms with Crippen molar-refractivity contribution in [3.63, 3.8) is 0 Å². The predicted molar refractivity (Wildman–Crippen MR) is 76.7 cm³/mol. The van der Waals surface area contributed by atoms with Crippen LogP contribution >= 0.6 is 11.8 Å². The van der Waals surface area contributed by atoms with Crippen LogP contribution in [-0.4, -0.2) is 24.9 Å². The smallest absolute Gasteiger partial charge is 0.272 e. The first kappa shape index (κ1) is 13.3. The van der Waals surface area contributed by atoms with Gasteiger partial charge in [-0.2, -0.15) is 0 Å².